The number of hydrogen-bond acceptors (Lipinski definition) is 3. The number of nitrogens with zero attached hydrogens (tertiary/aromatic N) is 1. The van der Waals surface area contributed by atoms with Crippen LogP contribution in [0.1, 0.15) is 31.4 Å². The van der Waals surface area contributed by atoms with Crippen molar-refractivity contribution in [2.24, 2.45) is 11.7 Å². The Hall–Kier alpha value is -1.04. The number of benzene rings is 1. The van der Waals surface area contributed by atoms with Crippen LogP contribution in [-0.4, -0.2) is 35.7 Å². The van der Waals surface area contributed by atoms with Gasteiger partial charge in [-0.1, -0.05) is 19.1 Å². The molecule has 1 aromatic carbocycles. The Morgan fingerprint density at radius 2 is 2.20 bits per heavy atom. The molecule has 3 unspecified atom stereocenters. The second-order valence-electron chi connectivity index (χ2n) is 5.59. The fourth-order valence-electron chi connectivity index (χ4n) is 2.93. The van der Waals surface area contributed by atoms with Crippen molar-refractivity contribution in [1.82, 2.24) is 4.90 Å². The van der Waals surface area contributed by atoms with Gasteiger partial charge < -0.3 is 10.8 Å². The van der Waals surface area contributed by atoms with Crippen LogP contribution in [0, 0.1) is 17.6 Å². The van der Waals surface area contributed by atoms with E-state index in [4.69, 9.17) is 5.73 Å². The third kappa shape index (κ3) is 3.16. The van der Waals surface area contributed by atoms with Gasteiger partial charge in [0.2, 0.25) is 0 Å². The van der Waals surface area contributed by atoms with Crippen LogP contribution in [0.4, 0.5) is 8.78 Å². The zero-order valence-electron chi connectivity index (χ0n) is 11.7. The van der Waals surface area contributed by atoms with Gasteiger partial charge in [-0.2, -0.15) is 0 Å². The molecule has 2 rings (SSSR count). The molecule has 0 amide bonds. The first kappa shape index (κ1) is 15.4. The van der Waals surface area contributed by atoms with Crippen molar-refractivity contribution in [3.63, 3.8) is 0 Å². The summed E-state index contributed by atoms with van der Waals surface area (Å²) in [5, 5.41) is 9.39. The molecule has 1 heterocycles. The molecule has 1 aliphatic heterocycles. The standard InChI is InChI=1S/C15H22F2N2O/c1-10-5-7-19(14(10)9-20)8-6-13(18)11-3-2-4-12(16)15(11)17/h2-4,10,13-14,20H,5-9,18H2,1H3. The average molecular weight is 284 g/mol. The van der Waals surface area contributed by atoms with Crippen molar-refractivity contribution < 1.29 is 13.9 Å². The van der Waals surface area contributed by atoms with E-state index in [-0.39, 0.29) is 18.2 Å². The average Bonchev–Trinajstić information content (AvgIpc) is 2.79. The van der Waals surface area contributed by atoms with Gasteiger partial charge in [-0.3, -0.25) is 4.90 Å². The molecule has 3 atom stereocenters. The highest BCUT2D eigenvalue weighted by Gasteiger charge is 2.30. The first-order valence-electron chi connectivity index (χ1n) is 7.09. The van der Waals surface area contributed by atoms with Gasteiger partial charge in [-0.15, -0.1) is 0 Å². The minimum Gasteiger partial charge on any atom is -0.395 e. The molecule has 112 valence electrons. The molecule has 1 aliphatic rings. The summed E-state index contributed by atoms with van der Waals surface area (Å²) in [6.07, 6.45) is 1.60. The molecule has 0 saturated carbocycles. The van der Waals surface area contributed by atoms with Gasteiger partial charge in [0, 0.05) is 24.2 Å². The molecule has 3 nitrogen and oxygen atoms in total. The molecule has 0 aromatic heterocycles. The smallest absolute Gasteiger partial charge is 0.163 e. The lowest BCUT2D eigenvalue weighted by Gasteiger charge is -2.26. The van der Waals surface area contributed by atoms with Gasteiger partial charge in [0.05, 0.1) is 6.61 Å². The number of halogens is 2. The normalized spacial score (nSPS) is 25.1. The van der Waals surface area contributed by atoms with E-state index in [1.54, 1.807) is 0 Å². The molecule has 20 heavy (non-hydrogen) atoms. The Morgan fingerprint density at radius 1 is 1.45 bits per heavy atom. The monoisotopic (exact) mass is 284 g/mol. The molecule has 5 heteroatoms. The number of likely N-dealkylation sites (tertiary alicyclic amines) is 1. The fraction of sp³-hybridized carbons (Fsp3) is 0.600. The molecule has 0 bridgehead atoms. The SMILES string of the molecule is CC1CCN(CCC(N)c2cccc(F)c2F)C1CO. The van der Waals surface area contributed by atoms with E-state index in [0.717, 1.165) is 19.0 Å². The van der Waals surface area contributed by atoms with Crippen LogP contribution in [0.5, 0.6) is 0 Å². The van der Waals surface area contributed by atoms with E-state index in [2.05, 4.69) is 11.8 Å². The molecule has 1 saturated heterocycles. The minimum absolute atomic E-state index is 0.130. The van der Waals surface area contributed by atoms with Crippen LogP contribution >= 0.6 is 0 Å². The molecular weight excluding hydrogens is 262 g/mol. The predicted molar refractivity (Wildman–Crippen MR) is 74.1 cm³/mol. The number of aliphatic hydroxyl groups is 1. The van der Waals surface area contributed by atoms with Crippen LogP contribution in [0.2, 0.25) is 0 Å². The molecule has 0 aliphatic carbocycles. The molecule has 0 spiro atoms. The highest BCUT2D eigenvalue weighted by atomic mass is 19.2. The van der Waals surface area contributed by atoms with Gasteiger partial charge in [0.1, 0.15) is 0 Å². The maximum atomic E-state index is 13.6. The minimum atomic E-state index is -0.860. The lowest BCUT2D eigenvalue weighted by atomic mass is 10.0. The van der Waals surface area contributed by atoms with E-state index in [1.807, 2.05) is 0 Å². The maximum Gasteiger partial charge on any atom is 0.163 e. The Labute approximate surface area is 118 Å². The van der Waals surface area contributed by atoms with Gasteiger partial charge in [-0.25, -0.2) is 8.78 Å². The summed E-state index contributed by atoms with van der Waals surface area (Å²) >= 11 is 0. The summed E-state index contributed by atoms with van der Waals surface area (Å²) in [5.41, 5.74) is 6.19. The zero-order chi connectivity index (χ0) is 14.7. The molecule has 1 aromatic rings. The van der Waals surface area contributed by atoms with E-state index in [1.165, 1.54) is 12.1 Å². The number of rotatable bonds is 5. The van der Waals surface area contributed by atoms with E-state index < -0.39 is 17.7 Å². The first-order valence-corrected chi connectivity index (χ1v) is 7.09. The first-order chi connectivity index (χ1) is 9.54. The second kappa shape index (κ2) is 6.61. The quantitative estimate of drug-likeness (QED) is 0.870. The highest BCUT2D eigenvalue weighted by Crippen LogP contribution is 2.26. The number of aliphatic hydroxyl groups excluding tert-OH is 1. The Kier molecular flexibility index (Phi) is 5.07. The van der Waals surface area contributed by atoms with Crippen LogP contribution < -0.4 is 5.73 Å². The van der Waals surface area contributed by atoms with E-state index in [9.17, 15) is 13.9 Å². The number of nitrogens with two attached hydrogens (primary N) is 1. The van der Waals surface area contributed by atoms with Crippen molar-refractivity contribution in [3.8, 4) is 0 Å². The van der Waals surface area contributed by atoms with Crippen molar-refractivity contribution in [2.45, 2.75) is 31.8 Å². The Bertz CT molecular complexity index is 455. The van der Waals surface area contributed by atoms with Crippen LogP contribution in [0.3, 0.4) is 0 Å². The van der Waals surface area contributed by atoms with Crippen molar-refractivity contribution in [3.05, 3.63) is 35.4 Å². The van der Waals surface area contributed by atoms with Crippen LogP contribution in [-0.2, 0) is 0 Å². The molecule has 1 fully saturated rings. The Balaban J connectivity index is 1.95. The van der Waals surface area contributed by atoms with Crippen molar-refractivity contribution in [1.29, 1.82) is 0 Å². The summed E-state index contributed by atoms with van der Waals surface area (Å²) in [4.78, 5) is 2.18. The fourth-order valence-corrected chi connectivity index (χ4v) is 2.93. The van der Waals surface area contributed by atoms with Crippen LogP contribution in [0.15, 0.2) is 18.2 Å². The van der Waals surface area contributed by atoms with E-state index in [0.29, 0.717) is 18.9 Å². The van der Waals surface area contributed by atoms with Crippen molar-refractivity contribution in [2.75, 3.05) is 19.7 Å². The summed E-state index contributed by atoms with van der Waals surface area (Å²) < 4.78 is 26.8. The lowest BCUT2D eigenvalue weighted by Crippen LogP contribution is -2.37. The third-order valence-corrected chi connectivity index (χ3v) is 4.29. The van der Waals surface area contributed by atoms with Gasteiger partial charge in [-0.05, 0) is 31.4 Å². The second-order valence-corrected chi connectivity index (χ2v) is 5.59. The van der Waals surface area contributed by atoms with Gasteiger partial charge in [0.15, 0.2) is 11.6 Å². The predicted octanol–water partition coefficient (Wildman–Crippen LogP) is 2.06. The molecule has 3 N–H and O–H groups in total. The van der Waals surface area contributed by atoms with Crippen LogP contribution in [0.25, 0.3) is 0 Å². The summed E-state index contributed by atoms with van der Waals surface area (Å²) in [6.45, 7) is 3.86. The van der Waals surface area contributed by atoms with Gasteiger partial charge >= 0.3 is 0 Å². The highest BCUT2D eigenvalue weighted by molar-refractivity contribution is 5.22. The Morgan fingerprint density at radius 3 is 2.90 bits per heavy atom. The third-order valence-electron chi connectivity index (χ3n) is 4.29. The number of hydrogen-bond donors (Lipinski definition) is 2. The topological polar surface area (TPSA) is 49.5 Å². The summed E-state index contributed by atoms with van der Waals surface area (Å²) in [6, 6.07) is 3.72. The largest absolute Gasteiger partial charge is 0.395 e. The zero-order valence-corrected chi connectivity index (χ0v) is 11.7. The van der Waals surface area contributed by atoms with Gasteiger partial charge in [0.25, 0.3) is 0 Å². The maximum absolute atomic E-state index is 13.6. The van der Waals surface area contributed by atoms with E-state index >= 15 is 0 Å². The molecular formula is C15H22F2N2O. The summed E-state index contributed by atoms with van der Waals surface area (Å²) in [7, 11) is 0. The molecule has 0 radical (unpaired) electrons. The van der Waals surface area contributed by atoms with Crippen molar-refractivity contribution >= 4 is 0 Å². The summed E-state index contributed by atoms with van der Waals surface area (Å²) in [5.74, 6) is -1.25. The lowest BCUT2D eigenvalue weighted by molar-refractivity contribution is 0.136.